The van der Waals surface area contributed by atoms with Crippen LogP contribution >= 0.6 is 0 Å². The van der Waals surface area contributed by atoms with Crippen LogP contribution in [0, 0.1) is 0 Å². The van der Waals surface area contributed by atoms with Gasteiger partial charge in [0.25, 0.3) is 6.43 Å². The Morgan fingerprint density at radius 1 is 1.61 bits per heavy atom. The molecule has 0 bridgehead atoms. The van der Waals surface area contributed by atoms with Gasteiger partial charge in [0.15, 0.2) is 0 Å². The minimum absolute atomic E-state index is 0.0297. The predicted octanol–water partition coefficient (Wildman–Crippen LogP) is 1.29. The summed E-state index contributed by atoms with van der Waals surface area (Å²) in [4.78, 5) is 15.0. The summed E-state index contributed by atoms with van der Waals surface area (Å²) in [6.45, 7) is 1.60. The highest BCUT2D eigenvalue weighted by atomic mass is 19.3. The highest BCUT2D eigenvalue weighted by molar-refractivity contribution is 5.73. The first-order valence-corrected chi connectivity index (χ1v) is 5.34. The van der Waals surface area contributed by atoms with E-state index in [1.54, 1.807) is 6.92 Å². The number of rotatable bonds is 5. The van der Waals surface area contributed by atoms with Gasteiger partial charge in [0.2, 0.25) is 0 Å². The van der Waals surface area contributed by atoms with Gasteiger partial charge in [-0.1, -0.05) is 0 Å². The number of nitrogens with zero attached hydrogens (tertiary/aromatic N) is 1. The number of pyridine rings is 1. The average molecular weight is 260 g/mol. The van der Waals surface area contributed by atoms with E-state index >= 15 is 0 Å². The van der Waals surface area contributed by atoms with Crippen LogP contribution in [0.4, 0.5) is 8.78 Å². The zero-order valence-corrected chi connectivity index (χ0v) is 9.82. The maximum Gasteiger partial charge on any atom is 0.310 e. The average Bonchev–Trinajstić information content (AvgIpc) is 2.29. The number of ether oxygens (including phenoxy) is 1. The zero-order chi connectivity index (χ0) is 13.7. The topological polar surface area (TPSA) is 85.4 Å². The minimum atomic E-state index is -2.91. The van der Waals surface area contributed by atoms with Crippen molar-refractivity contribution in [2.24, 2.45) is 5.73 Å². The fourth-order valence-corrected chi connectivity index (χ4v) is 1.50. The van der Waals surface area contributed by atoms with Crippen LogP contribution in [-0.2, 0) is 22.5 Å². The summed E-state index contributed by atoms with van der Waals surface area (Å²) in [7, 11) is 0. The van der Waals surface area contributed by atoms with Crippen molar-refractivity contribution in [3.8, 4) is 5.75 Å². The fraction of sp³-hybridized carbons (Fsp3) is 0.455. The van der Waals surface area contributed by atoms with Crippen LogP contribution < -0.4 is 5.73 Å². The molecule has 1 aromatic heterocycles. The first kappa shape index (κ1) is 14.3. The smallest absolute Gasteiger partial charge is 0.310 e. The Morgan fingerprint density at radius 2 is 2.28 bits per heavy atom. The molecule has 1 aromatic rings. The summed E-state index contributed by atoms with van der Waals surface area (Å²) in [5.41, 5.74) is 4.56. The van der Waals surface area contributed by atoms with Gasteiger partial charge in [0.1, 0.15) is 5.75 Å². The third-order valence-electron chi connectivity index (χ3n) is 2.30. The molecule has 0 fully saturated rings. The normalized spacial score (nSPS) is 10.7. The Morgan fingerprint density at radius 3 is 2.78 bits per heavy atom. The highest BCUT2D eigenvalue weighted by Gasteiger charge is 2.22. The van der Waals surface area contributed by atoms with Crippen LogP contribution in [0.25, 0.3) is 0 Å². The third kappa shape index (κ3) is 3.13. The standard InChI is InChI=1S/C11H14F2N2O3/c1-2-18-8(16)3-6-5-15-7(4-14)10(17)9(6)11(12)13/h5,11,17H,2-4,14H2,1H3. The Labute approximate surface area is 103 Å². The first-order chi connectivity index (χ1) is 8.51. The number of carbonyl (C=O) groups is 1. The van der Waals surface area contributed by atoms with Crippen molar-refractivity contribution in [3.63, 3.8) is 0 Å². The molecule has 0 aliphatic rings. The molecular weight excluding hydrogens is 246 g/mol. The van der Waals surface area contributed by atoms with E-state index in [1.807, 2.05) is 0 Å². The van der Waals surface area contributed by atoms with E-state index < -0.39 is 23.7 Å². The van der Waals surface area contributed by atoms with Crippen LogP contribution in [0.5, 0.6) is 5.75 Å². The lowest BCUT2D eigenvalue weighted by Crippen LogP contribution is -2.12. The number of halogens is 2. The predicted molar refractivity (Wildman–Crippen MR) is 59.1 cm³/mol. The molecule has 3 N–H and O–H groups in total. The quantitative estimate of drug-likeness (QED) is 0.779. The molecule has 1 heterocycles. The van der Waals surface area contributed by atoms with Crippen LogP contribution in [-0.4, -0.2) is 22.7 Å². The van der Waals surface area contributed by atoms with Crippen LogP contribution in [0.3, 0.4) is 0 Å². The summed E-state index contributed by atoms with van der Waals surface area (Å²) in [6.07, 6.45) is -2.16. The second-order valence-corrected chi connectivity index (χ2v) is 3.48. The SMILES string of the molecule is CCOC(=O)Cc1cnc(CN)c(O)c1C(F)F. The van der Waals surface area contributed by atoms with Gasteiger partial charge in [-0.05, 0) is 12.5 Å². The molecule has 0 unspecified atom stereocenters. The molecule has 0 aromatic carbocycles. The molecular formula is C11H14F2N2O3. The van der Waals surface area contributed by atoms with Gasteiger partial charge >= 0.3 is 5.97 Å². The largest absolute Gasteiger partial charge is 0.505 e. The van der Waals surface area contributed by atoms with Crippen molar-refractivity contribution in [2.75, 3.05) is 6.61 Å². The highest BCUT2D eigenvalue weighted by Crippen LogP contribution is 2.33. The second kappa shape index (κ2) is 6.25. The van der Waals surface area contributed by atoms with Crippen LogP contribution in [0.1, 0.15) is 30.2 Å². The van der Waals surface area contributed by atoms with Gasteiger partial charge in [-0.15, -0.1) is 0 Å². The second-order valence-electron chi connectivity index (χ2n) is 3.48. The molecule has 100 valence electrons. The van der Waals surface area contributed by atoms with E-state index in [1.165, 1.54) is 0 Å². The Hall–Kier alpha value is -1.76. The molecule has 18 heavy (non-hydrogen) atoms. The zero-order valence-electron chi connectivity index (χ0n) is 9.82. The molecule has 0 saturated heterocycles. The van der Waals surface area contributed by atoms with E-state index in [9.17, 15) is 18.7 Å². The van der Waals surface area contributed by atoms with Crippen molar-refractivity contribution in [2.45, 2.75) is 26.3 Å². The molecule has 0 amide bonds. The Kier molecular flexibility index (Phi) is 4.96. The Bertz CT molecular complexity index is 439. The van der Waals surface area contributed by atoms with Gasteiger partial charge in [-0.3, -0.25) is 9.78 Å². The fourth-order valence-electron chi connectivity index (χ4n) is 1.50. The van der Waals surface area contributed by atoms with Crippen molar-refractivity contribution in [3.05, 3.63) is 23.0 Å². The third-order valence-corrected chi connectivity index (χ3v) is 2.30. The minimum Gasteiger partial charge on any atom is -0.505 e. The lowest BCUT2D eigenvalue weighted by Gasteiger charge is -2.12. The van der Waals surface area contributed by atoms with Crippen molar-refractivity contribution in [1.29, 1.82) is 0 Å². The first-order valence-electron chi connectivity index (χ1n) is 5.34. The van der Waals surface area contributed by atoms with E-state index in [4.69, 9.17) is 5.73 Å². The summed E-state index contributed by atoms with van der Waals surface area (Å²) in [5.74, 6) is -1.31. The molecule has 7 heteroatoms. The van der Waals surface area contributed by atoms with Crippen molar-refractivity contribution in [1.82, 2.24) is 4.98 Å². The molecule has 0 aliphatic carbocycles. The Balaban J connectivity index is 3.11. The molecule has 0 radical (unpaired) electrons. The molecule has 0 saturated carbocycles. The molecule has 0 spiro atoms. The molecule has 5 nitrogen and oxygen atoms in total. The maximum atomic E-state index is 12.9. The van der Waals surface area contributed by atoms with Gasteiger partial charge in [-0.2, -0.15) is 0 Å². The number of nitrogens with two attached hydrogens (primary N) is 1. The monoisotopic (exact) mass is 260 g/mol. The van der Waals surface area contributed by atoms with Crippen LogP contribution in [0.2, 0.25) is 0 Å². The summed E-state index contributed by atoms with van der Waals surface area (Å²) in [5, 5.41) is 9.61. The van der Waals surface area contributed by atoms with Crippen LogP contribution in [0.15, 0.2) is 6.20 Å². The molecule has 0 atom stereocenters. The van der Waals surface area contributed by atoms with E-state index in [2.05, 4.69) is 9.72 Å². The van der Waals surface area contributed by atoms with Crippen molar-refractivity contribution < 1.29 is 23.4 Å². The number of alkyl halides is 2. The summed E-state index contributed by atoms with van der Waals surface area (Å²) < 4.78 is 30.4. The van der Waals surface area contributed by atoms with E-state index in [0.29, 0.717) is 0 Å². The summed E-state index contributed by atoms with van der Waals surface area (Å²) in [6, 6.07) is 0. The van der Waals surface area contributed by atoms with Gasteiger partial charge in [-0.25, -0.2) is 8.78 Å². The maximum absolute atomic E-state index is 12.9. The molecule has 1 rings (SSSR count). The van der Waals surface area contributed by atoms with Gasteiger partial charge in [0, 0.05) is 12.7 Å². The van der Waals surface area contributed by atoms with E-state index in [0.717, 1.165) is 6.20 Å². The number of carbonyl (C=O) groups excluding carboxylic acids is 1. The van der Waals surface area contributed by atoms with Crippen molar-refractivity contribution >= 4 is 5.97 Å². The van der Waals surface area contributed by atoms with E-state index in [-0.39, 0.29) is 30.8 Å². The number of aromatic hydroxyl groups is 1. The van der Waals surface area contributed by atoms with Gasteiger partial charge < -0.3 is 15.6 Å². The number of hydrogen-bond donors (Lipinski definition) is 2. The molecule has 0 aliphatic heterocycles. The number of esters is 1. The number of hydrogen-bond acceptors (Lipinski definition) is 5. The number of aromatic nitrogens is 1. The summed E-state index contributed by atoms with van der Waals surface area (Å²) >= 11 is 0. The lowest BCUT2D eigenvalue weighted by molar-refractivity contribution is -0.142. The van der Waals surface area contributed by atoms with Gasteiger partial charge in [0.05, 0.1) is 24.3 Å². The lowest BCUT2D eigenvalue weighted by atomic mass is 10.0.